The molecule has 2 heterocycles. The van der Waals surface area contributed by atoms with Crippen molar-refractivity contribution in [3.63, 3.8) is 0 Å². The van der Waals surface area contributed by atoms with E-state index in [1.54, 1.807) is 0 Å². The lowest BCUT2D eigenvalue weighted by atomic mass is 9.92. The fraction of sp³-hybridized carbons (Fsp3) is 0.444. The van der Waals surface area contributed by atoms with E-state index < -0.39 is 0 Å². The average Bonchev–Trinajstić information content (AvgIpc) is 2.88. The molecule has 1 N–H and O–H groups in total. The van der Waals surface area contributed by atoms with E-state index in [4.69, 9.17) is 0 Å². The lowest BCUT2D eigenvalue weighted by molar-refractivity contribution is 0.0612. The standard InChI is InChI=1S/C18H23N3O2/c1-13-8-14(2)11-20(10-13)17(22)16-9-19-18(23)21(16)12-15-6-4-3-5-7-15/h3-7,9,13-14H,8,10-12H2,1-2H3,(H,19,23). The third kappa shape index (κ3) is 3.38. The minimum atomic E-state index is -0.240. The van der Waals surface area contributed by atoms with Crippen molar-refractivity contribution < 1.29 is 4.79 Å². The van der Waals surface area contributed by atoms with Crippen molar-refractivity contribution in [2.75, 3.05) is 13.1 Å². The zero-order chi connectivity index (χ0) is 16.4. The zero-order valence-electron chi connectivity index (χ0n) is 13.7. The smallest absolute Gasteiger partial charge is 0.326 e. The number of H-pyrrole nitrogens is 1. The number of hydrogen-bond donors (Lipinski definition) is 1. The summed E-state index contributed by atoms with van der Waals surface area (Å²) in [4.78, 5) is 29.5. The number of aromatic amines is 1. The molecular formula is C18H23N3O2. The summed E-state index contributed by atoms with van der Waals surface area (Å²) in [6.07, 6.45) is 2.69. The molecular weight excluding hydrogens is 290 g/mol. The van der Waals surface area contributed by atoms with E-state index in [2.05, 4.69) is 18.8 Å². The minimum Gasteiger partial charge on any atom is -0.337 e. The molecule has 3 rings (SSSR count). The van der Waals surface area contributed by atoms with Crippen LogP contribution in [0.25, 0.3) is 0 Å². The number of hydrogen-bond acceptors (Lipinski definition) is 2. The van der Waals surface area contributed by atoms with Gasteiger partial charge in [-0.2, -0.15) is 0 Å². The summed E-state index contributed by atoms with van der Waals surface area (Å²) in [7, 11) is 0. The maximum absolute atomic E-state index is 12.9. The summed E-state index contributed by atoms with van der Waals surface area (Å²) >= 11 is 0. The van der Waals surface area contributed by atoms with Crippen molar-refractivity contribution in [2.24, 2.45) is 11.8 Å². The Morgan fingerprint density at radius 1 is 1.17 bits per heavy atom. The molecule has 1 aromatic heterocycles. The highest BCUT2D eigenvalue weighted by molar-refractivity contribution is 5.92. The molecule has 0 radical (unpaired) electrons. The molecule has 0 bridgehead atoms. The quantitative estimate of drug-likeness (QED) is 0.945. The van der Waals surface area contributed by atoms with Gasteiger partial charge in [0.25, 0.3) is 5.91 Å². The van der Waals surface area contributed by atoms with E-state index in [0.29, 0.717) is 24.1 Å². The highest BCUT2D eigenvalue weighted by atomic mass is 16.2. The fourth-order valence-electron chi connectivity index (χ4n) is 3.49. The molecule has 0 spiro atoms. The van der Waals surface area contributed by atoms with Crippen LogP contribution in [-0.4, -0.2) is 33.4 Å². The summed E-state index contributed by atoms with van der Waals surface area (Å²) < 4.78 is 1.53. The molecule has 0 aliphatic carbocycles. The number of aromatic nitrogens is 2. The molecule has 5 nitrogen and oxygen atoms in total. The number of nitrogens with one attached hydrogen (secondary N) is 1. The number of rotatable bonds is 3. The largest absolute Gasteiger partial charge is 0.337 e. The SMILES string of the molecule is CC1CC(C)CN(C(=O)c2c[nH]c(=O)n2Cc2ccccc2)C1. The summed E-state index contributed by atoms with van der Waals surface area (Å²) in [5.74, 6) is 0.935. The Bertz CT molecular complexity index is 722. The molecule has 122 valence electrons. The van der Waals surface area contributed by atoms with Crippen LogP contribution < -0.4 is 5.69 Å². The van der Waals surface area contributed by atoms with Gasteiger partial charge in [-0.25, -0.2) is 4.79 Å². The average molecular weight is 313 g/mol. The molecule has 1 aliphatic heterocycles. The van der Waals surface area contributed by atoms with Crippen LogP contribution in [0.3, 0.4) is 0 Å². The monoisotopic (exact) mass is 313 g/mol. The number of imidazole rings is 1. The van der Waals surface area contributed by atoms with Crippen LogP contribution in [0.15, 0.2) is 41.3 Å². The maximum Gasteiger partial charge on any atom is 0.326 e. The number of amides is 1. The van der Waals surface area contributed by atoms with E-state index in [0.717, 1.165) is 25.1 Å². The predicted molar refractivity (Wildman–Crippen MR) is 89.4 cm³/mol. The van der Waals surface area contributed by atoms with Crippen molar-refractivity contribution >= 4 is 5.91 Å². The second kappa shape index (κ2) is 6.44. The van der Waals surface area contributed by atoms with E-state index in [-0.39, 0.29) is 11.6 Å². The maximum atomic E-state index is 12.9. The Hall–Kier alpha value is -2.30. The van der Waals surface area contributed by atoms with Crippen molar-refractivity contribution in [1.29, 1.82) is 0 Å². The van der Waals surface area contributed by atoms with E-state index in [1.807, 2.05) is 35.2 Å². The second-order valence-electron chi connectivity index (χ2n) is 6.71. The first-order valence-electron chi connectivity index (χ1n) is 8.16. The Balaban J connectivity index is 1.85. The molecule has 1 aromatic carbocycles. The molecule has 0 saturated carbocycles. The van der Waals surface area contributed by atoms with Crippen molar-refractivity contribution in [3.8, 4) is 0 Å². The summed E-state index contributed by atoms with van der Waals surface area (Å²) in [6, 6.07) is 9.72. The van der Waals surface area contributed by atoms with Crippen LogP contribution in [-0.2, 0) is 6.54 Å². The Kier molecular flexibility index (Phi) is 4.37. The molecule has 1 fully saturated rings. The molecule has 2 atom stereocenters. The molecule has 1 aliphatic rings. The van der Waals surface area contributed by atoms with Gasteiger partial charge in [0, 0.05) is 19.3 Å². The van der Waals surface area contributed by atoms with Crippen LogP contribution in [0.5, 0.6) is 0 Å². The first kappa shape index (κ1) is 15.6. The lowest BCUT2D eigenvalue weighted by Gasteiger charge is -2.35. The van der Waals surface area contributed by atoms with Gasteiger partial charge in [-0.3, -0.25) is 9.36 Å². The Morgan fingerprint density at radius 3 is 2.48 bits per heavy atom. The van der Waals surface area contributed by atoms with Gasteiger partial charge < -0.3 is 9.88 Å². The molecule has 23 heavy (non-hydrogen) atoms. The molecule has 2 unspecified atom stereocenters. The number of carbonyl (C=O) groups is 1. The molecule has 1 amide bonds. The minimum absolute atomic E-state index is 0.0577. The third-order valence-electron chi connectivity index (χ3n) is 4.43. The lowest BCUT2D eigenvalue weighted by Crippen LogP contribution is -2.43. The molecule has 2 aromatic rings. The van der Waals surface area contributed by atoms with E-state index >= 15 is 0 Å². The predicted octanol–water partition coefficient (Wildman–Crippen LogP) is 2.34. The van der Waals surface area contributed by atoms with Crippen LogP contribution in [0.2, 0.25) is 0 Å². The Labute approximate surface area is 135 Å². The van der Waals surface area contributed by atoms with Gasteiger partial charge in [0.2, 0.25) is 0 Å². The van der Waals surface area contributed by atoms with Crippen LogP contribution >= 0.6 is 0 Å². The topological polar surface area (TPSA) is 58.1 Å². The van der Waals surface area contributed by atoms with Gasteiger partial charge in [0.15, 0.2) is 0 Å². The van der Waals surface area contributed by atoms with Gasteiger partial charge >= 0.3 is 5.69 Å². The number of piperidine rings is 1. The van der Waals surface area contributed by atoms with Gasteiger partial charge in [0.05, 0.1) is 6.54 Å². The highest BCUT2D eigenvalue weighted by Crippen LogP contribution is 2.22. The zero-order valence-corrected chi connectivity index (χ0v) is 13.7. The molecule has 5 heteroatoms. The first-order chi connectivity index (χ1) is 11.0. The second-order valence-corrected chi connectivity index (χ2v) is 6.71. The van der Waals surface area contributed by atoms with Crippen molar-refractivity contribution in [3.05, 3.63) is 58.3 Å². The summed E-state index contributed by atoms with van der Waals surface area (Å²) in [5.41, 5.74) is 1.21. The number of nitrogens with zero attached hydrogens (tertiary/aromatic N) is 2. The van der Waals surface area contributed by atoms with E-state index in [1.165, 1.54) is 10.8 Å². The summed E-state index contributed by atoms with van der Waals surface area (Å²) in [6.45, 7) is 6.26. The highest BCUT2D eigenvalue weighted by Gasteiger charge is 2.28. The van der Waals surface area contributed by atoms with Gasteiger partial charge in [-0.1, -0.05) is 44.2 Å². The molecule has 1 saturated heterocycles. The van der Waals surface area contributed by atoms with Crippen LogP contribution in [0.1, 0.15) is 36.3 Å². The Morgan fingerprint density at radius 2 is 1.83 bits per heavy atom. The number of benzene rings is 1. The summed E-state index contributed by atoms with van der Waals surface area (Å²) in [5, 5.41) is 0. The number of likely N-dealkylation sites (tertiary alicyclic amines) is 1. The van der Waals surface area contributed by atoms with E-state index in [9.17, 15) is 9.59 Å². The fourth-order valence-corrected chi connectivity index (χ4v) is 3.49. The van der Waals surface area contributed by atoms with Gasteiger partial charge in [-0.15, -0.1) is 0 Å². The van der Waals surface area contributed by atoms with Crippen LogP contribution in [0.4, 0.5) is 0 Å². The van der Waals surface area contributed by atoms with Crippen LogP contribution in [0, 0.1) is 11.8 Å². The first-order valence-corrected chi connectivity index (χ1v) is 8.16. The van der Waals surface area contributed by atoms with Crippen molar-refractivity contribution in [2.45, 2.75) is 26.8 Å². The normalized spacial score (nSPS) is 21.4. The van der Waals surface area contributed by atoms with Gasteiger partial charge in [-0.05, 0) is 23.8 Å². The third-order valence-corrected chi connectivity index (χ3v) is 4.43. The van der Waals surface area contributed by atoms with Gasteiger partial charge in [0.1, 0.15) is 5.69 Å². The van der Waals surface area contributed by atoms with Crippen molar-refractivity contribution in [1.82, 2.24) is 14.5 Å². The number of carbonyl (C=O) groups excluding carboxylic acids is 1.